The van der Waals surface area contributed by atoms with Gasteiger partial charge in [-0.15, -0.1) is 0 Å². The Kier molecular flexibility index (Phi) is 4.36. The van der Waals surface area contributed by atoms with E-state index < -0.39 is 5.54 Å². The van der Waals surface area contributed by atoms with Gasteiger partial charge in [-0.1, -0.05) is 30.3 Å². The summed E-state index contributed by atoms with van der Waals surface area (Å²) in [6, 6.07) is 18.7. The number of pyridine rings is 1. The van der Waals surface area contributed by atoms with Crippen LogP contribution < -0.4 is 10.2 Å². The highest BCUT2D eigenvalue weighted by Crippen LogP contribution is 2.48. The Hall–Kier alpha value is -3.21. The monoisotopic (exact) mass is 360 g/mol. The van der Waals surface area contributed by atoms with E-state index in [1.807, 2.05) is 50.5 Å². The summed E-state index contributed by atoms with van der Waals surface area (Å²) < 4.78 is 13.7. The molecule has 0 bridgehead atoms. The number of para-hydroxylation sites is 1. The van der Waals surface area contributed by atoms with Crippen molar-refractivity contribution in [3.63, 3.8) is 0 Å². The van der Waals surface area contributed by atoms with Gasteiger partial charge in [-0.25, -0.2) is 4.39 Å². The smallest absolute Gasteiger partial charge is 0.123 e. The molecule has 5 heteroatoms. The number of aromatic nitrogens is 1. The standard InChI is InChI=1S/C22H21FN4/c1-27(2)20-6-4-3-5-19(20)22(17-7-9-18(23)10-8-17)21(25-15-26-22)16-11-13-24-14-12-16/h3-15,21H,1-2H3,(H,25,26). The molecule has 4 rings (SSSR count). The molecule has 4 nitrogen and oxygen atoms in total. The minimum absolute atomic E-state index is 0.202. The number of hydrogen-bond donors (Lipinski definition) is 1. The zero-order valence-corrected chi connectivity index (χ0v) is 15.3. The van der Waals surface area contributed by atoms with Gasteiger partial charge in [0.15, 0.2) is 0 Å². The molecule has 0 saturated heterocycles. The van der Waals surface area contributed by atoms with Gasteiger partial charge in [-0.3, -0.25) is 9.98 Å². The Bertz CT molecular complexity index is 954. The molecule has 1 aliphatic heterocycles. The minimum Gasteiger partial charge on any atom is -0.377 e. The van der Waals surface area contributed by atoms with E-state index in [4.69, 9.17) is 4.99 Å². The van der Waals surface area contributed by atoms with Crippen LogP contribution in [0.25, 0.3) is 0 Å². The molecule has 1 aromatic heterocycles. The summed E-state index contributed by atoms with van der Waals surface area (Å²) in [6.07, 6.45) is 5.30. The third-order valence-electron chi connectivity index (χ3n) is 5.06. The summed E-state index contributed by atoms with van der Waals surface area (Å²) >= 11 is 0. The Labute approximate surface area is 158 Å². The second-order valence-corrected chi connectivity index (χ2v) is 6.83. The van der Waals surface area contributed by atoms with Gasteiger partial charge in [0.2, 0.25) is 0 Å². The lowest BCUT2D eigenvalue weighted by molar-refractivity contribution is 0.423. The van der Waals surface area contributed by atoms with Gasteiger partial charge >= 0.3 is 0 Å². The molecule has 2 aromatic carbocycles. The number of hydrogen-bond acceptors (Lipinski definition) is 4. The summed E-state index contributed by atoms with van der Waals surface area (Å²) in [7, 11) is 4.04. The van der Waals surface area contributed by atoms with Crippen molar-refractivity contribution in [1.82, 2.24) is 10.3 Å². The highest BCUT2D eigenvalue weighted by atomic mass is 19.1. The number of rotatable bonds is 4. The molecule has 0 fully saturated rings. The molecule has 27 heavy (non-hydrogen) atoms. The van der Waals surface area contributed by atoms with E-state index in [0.29, 0.717) is 0 Å². The van der Waals surface area contributed by atoms with Crippen molar-refractivity contribution in [2.75, 3.05) is 19.0 Å². The van der Waals surface area contributed by atoms with E-state index in [0.717, 1.165) is 22.4 Å². The largest absolute Gasteiger partial charge is 0.377 e. The van der Waals surface area contributed by atoms with Gasteiger partial charge in [-0.05, 0) is 41.5 Å². The summed E-state index contributed by atoms with van der Waals surface area (Å²) in [4.78, 5) is 11.0. The number of nitrogens with one attached hydrogen (secondary N) is 1. The van der Waals surface area contributed by atoms with Crippen LogP contribution >= 0.6 is 0 Å². The van der Waals surface area contributed by atoms with Gasteiger partial charge in [0.25, 0.3) is 0 Å². The van der Waals surface area contributed by atoms with E-state index in [9.17, 15) is 4.39 Å². The van der Waals surface area contributed by atoms with E-state index >= 15 is 0 Å². The fourth-order valence-electron chi connectivity index (χ4n) is 3.82. The molecule has 0 radical (unpaired) electrons. The molecule has 0 spiro atoms. The number of anilines is 1. The van der Waals surface area contributed by atoms with Gasteiger partial charge < -0.3 is 10.2 Å². The van der Waals surface area contributed by atoms with Crippen LogP contribution in [0, 0.1) is 5.82 Å². The maximum atomic E-state index is 13.7. The number of aliphatic imine (C=N–C) groups is 1. The number of halogens is 1. The highest BCUT2D eigenvalue weighted by molar-refractivity contribution is 5.70. The van der Waals surface area contributed by atoms with Crippen LogP contribution in [-0.4, -0.2) is 25.4 Å². The fourth-order valence-corrected chi connectivity index (χ4v) is 3.82. The lowest BCUT2D eigenvalue weighted by atomic mass is 9.74. The molecular weight excluding hydrogens is 339 g/mol. The SMILES string of the molecule is CN(C)c1ccccc1C1(c2ccc(F)cc2)NC=NC1c1ccncc1. The number of benzene rings is 2. The fraction of sp³-hybridized carbons (Fsp3) is 0.182. The van der Waals surface area contributed by atoms with Gasteiger partial charge in [-0.2, -0.15) is 0 Å². The quantitative estimate of drug-likeness (QED) is 0.767. The third-order valence-corrected chi connectivity index (χ3v) is 5.06. The van der Waals surface area contributed by atoms with Crippen molar-refractivity contribution >= 4 is 12.0 Å². The number of nitrogens with zero attached hydrogens (tertiary/aromatic N) is 3. The molecule has 3 aromatic rings. The Morgan fingerprint density at radius 2 is 1.67 bits per heavy atom. The molecule has 1 aliphatic rings. The van der Waals surface area contributed by atoms with E-state index in [1.165, 1.54) is 12.1 Å². The predicted octanol–water partition coefficient (Wildman–Crippen LogP) is 3.90. The van der Waals surface area contributed by atoms with Crippen molar-refractivity contribution in [1.29, 1.82) is 0 Å². The first-order chi connectivity index (χ1) is 13.1. The lowest BCUT2D eigenvalue weighted by Crippen LogP contribution is -2.44. The Balaban J connectivity index is 1.99. The maximum Gasteiger partial charge on any atom is 0.123 e. The minimum atomic E-state index is -0.643. The Morgan fingerprint density at radius 1 is 0.963 bits per heavy atom. The zero-order chi connectivity index (χ0) is 18.9. The van der Waals surface area contributed by atoms with Crippen LogP contribution in [-0.2, 0) is 5.54 Å². The van der Waals surface area contributed by atoms with Crippen molar-refractivity contribution in [2.24, 2.45) is 4.99 Å². The van der Waals surface area contributed by atoms with Crippen molar-refractivity contribution in [3.05, 3.63) is 95.6 Å². The second kappa shape index (κ2) is 6.83. The summed E-state index contributed by atoms with van der Waals surface area (Å²) in [6.45, 7) is 0. The molecule has 136 valence electrons. The summed E-state index contributed by atoms with van der Waals surface area (Å²) in [5.74, 6) is -0.255. The van der Waals surface area contributed by atoms with Crippen molar-refractivity contribution in [3.8, 4) is 0 Å². The normalized spacial score (nSPS) is 21.1. The van der Waals surface area contributed by atoms with Crippen LogP contribution in [0.5, 0.6) is 0 Å². The van der Waals surface area contributed by atoms with Crippen molar-refractivity contribution in [2.45, 2.75) is 11.6 Å². The molecule has 0 saturated carbocycles. The summed E-state index contributed by atoms with van der Waals surface area (Å²) in [5.41, 5.74) is 3.53. The summed E-state index contributed by atoms with van der Waals surface area (Å²) in [5, 5.41) is 3.50. The average Bonchev–Trinajstić information content (AvgIpc) is 3.15. The third kappa shape index (κ3) is 2.85. The van der Waals surface area contributed by atoms with E-state index in [2.05, 4.69) is 27.3 Å². The first-order valence-corrected chi connectivity index (χ1v) is 8.85. The van der Waals surface area contributed by atoms with Crippen LogP contribution in [0.3, 0.4) is 0 Å². The van der Waals surface area contributed by atoms with Crippen LogP contribution in [0.2, 0.25) is 0 Å². The average molecular weight is 360 g/mol. The lowest BCUT2D eigenvalue weighted by Gasteiger charge is -2.38. The molecular formula is C22H21FN4. The molecule has 0 aliphatic carbocycles. The molecule has 2 heterocycles. The van der Waals surface area contributed by atoms with Gasteiger partial charge in [0, 0.05) is 37.7 Å². The molecule has 1 N–H and O–H groups in total. The van der Waals surface area contributed by atoms with E-state index in [-0.39, 0.29) is 11.9 Å². The molecule has 2 unspecified atom stereocenters. The van der Waals surface area contributed by atoms with Crippen molar-refractivity contribution < 1.29 is 4.39 Å². The Morgan fingerprint density at radius 3 is 2.37 bits per heavy atom. The van der Waals surface area contributed by atoms with Crippen LogP contribution in [0.1, 0.15) is 22.7 Å². The van der Waals surface area contributed by atoms with Gasteiger partial charge in [0.05, 0.1) is 6.34 Å². The highest BCUT2D eigenvalue weighted by Gasteiger charge is 2.46. The van der Waals surface area contributed by atoms with Gasteiger partial charge in [0.1, 0.15) is 17.4 Å². The predicted molar refractivity (Wildman–Crippen MR) is 107 cm³/mol. The zero-order valence-electron chi connectivity index (χ0n) is 15.3. The topological polar surface area (TPSA) is 40.5 Å². The van der Waals surface area contributed by atoms with Crippen LogP contribution in [0.15, 0.2) is 78.0 Å². The maximum absolute atomic E-state index is 13.7. The first-order valence-electron chi connectivity index (χ1n) is 8.85. The molecule has 2 atom stereocenters. The molecule has 0 amide bonds. The van der Waals surface area contributed by atoms with Crippen LogP contribution in [0.4, 0.5) is 10.1 Å². The second-order valence-electron chi connectivity index (χ2n) is 6.83. The van der Waals surface area contributed by atoms with E-state index in [1.54, 1.807) is 18.7 Å². The first kappa shape index (κ1) is 17.2.